The Hall–Kier alpha value is -2.28. The first-order valence-electron chi connectivity index (χ1n) is 9.01. The van der Waals surface area contributed by atoms with E-state index in [1.54, 1.807) is 44.3 Å². The summed E-state index contributed by atoms with van der Waals surface area (Å²) in [7, 11) is -3.27. The third-order valence-corrected chi connectivity index (χ3v) is 6.12. The van der Waals surface area contributed by atoms with Crippen LogP contribution in [0.25, 0.3) is 11.6 Å². The molecule has 0 atom stereocenters. The van der Waals surface area contributed by atoms with E-state index < -0.39 is 15.4 Å². The van der Waals surface area contributed by atoms with Crippen LogP contribution in [0.2, 0.25) is 0 Å². The zero-order chi connectivity index (χ0) is 21.2. The molecular weight excluding hydrogens is 450 g/mol. The highest BCUT2D eigenvalue weighted by molar-refractivity contribution is 9.10. The molecule has 150 valence electrons. The fraction of sp³-hybridized carbons (Fsp3) is 0.174. The maximum absolute atomic E-state index is 11.8. The molecule has 29 heavy (non-hydrogen) atoms. The first-order valence-corrected chi connectivity index (χ1v) is 11.7. The Morgan fingerprint density at radius 1 is 1.07 bits per heavy atom. The summed E-state index contributed by atoms with van der Waals surface area (Å²) in [4.78, 5) is 4.83. The van der Waals surface area contributed by atoms with Crippen molar-refractivity contribution < 1.29 is 13.5 Å². The third-order valence-electron chi connectivity index (χ3n) is 4.50. The Bertz CT molecular complexity index is 1140. The highest BCUT2D eigenvalue weighted by Crippen LogP contribution is 2.28. The lowest BCUT2D eigenvalue weighted by molar-refractivity contribution is 0.0782. The van der Waals surface area contributed by atoms with Gasteiger partial charge in [-0.05, 0) is 61.4 Å². The summed E-state index contributed by atoms with van der Waals surface area (Å²) in [6.45, 7) is 3.43. The van der Waals surface area contributed by atoms with Crippen LogP contribution in [0, 0.1) is 0 Å². The number of nitrogens with zero attached hydrogens (tertiary/aromatic N) is 1. The Kier molecular flexibility index (Phi) is 6.08. The fourth-order valence-corrected chi connectivity index (χ4v) is 3.91. The van der Waals surface area contributed by atoms with Gasteiger partial charge in [0.05, 0.1) is 16.2 Å². The standard InChI is InChI=1S/C23H22BrNO3S/c1-23(2,26)18-9-12-22(25-15-18)21(14-16-5-4-6-19(24)13-16)17-7-10-20(11-8-17)29(3,27)28/h4-15,26H,1-3H3/b21-14-. The van der Waals surface area contributed by atoms with Crippen molar-refractivity contribution in [3.05, 3.63) is 93.7 Å². The zero-order valence-electron chi connectivity index (χ0n) is 16.4. The van der Waals surface area contributed by atoms with Gasteiger partial charge in [-0.2, -0.15) is 0 Å². The highest BCUT2D eigenvalue weighted by atomic mass is 79.9. The van der Waals surface area contributed by atoms with Gasteiger partial charge < -0.3 is 5.11 Å². The molecule has 1 aromatic heterocycles. The van der Waals surface area contributed by atoms with E-state index in [9.17, 15) is 13.5 Å². The lowest BCUT2D eigenvalue weighted by Gasteiger charge is -2.18. The van der Waals surface area contributed by atoms with Crippen molar-refractivity contribution >= 4 is 37.4 Å². The number of sulfone groups is 1. The Labute approximate surface area is 180 Å². The van der Waals surface area contributed by atoms with Crippen LogP contribution in [-0.4, -0.2) is 24.8 Å². The highest BCUT2D eigenvalue weighted by Gasteiger charge is 2.17. The molecule has 0 aliphatic carbocycles. The van der Waals surface area contributed by atoms with Gasteiger partial charge >= 0.3 is 0 Å². The summed E-state index contributed by atoms with van der Waals surface area (Å²) in [5.41, 5.74) is 3.15. The summed E-state index contributed by atoms with van der Waals surface area (Å²) < 4.78 is 24.5. The van der Waals surface area contributed by atoms with Gasteiger partial charge in [-0.25, -0.2) is 8.42 Å². The van der Waals surface area contributed by atoms with Gasteiger partial charge in [-0.1, -0.05) is 46.3 Å². The van der Waals surface area contributed by atoms with Gasteiger partial charge in [0.25, 0.3) is 0 Å². The first-order chi connectivity index (χ1) is 13.5. The number of benzene rings is 2. The molecule has 6 heteroatoms. The van der Waals surface area contributed by atoms with Gasteiger partial charge in [0.15, 0.2) is 9.84 Å². The number of halogens is 1. The van der Waals surface area contributed by atoms with Crippen LogP contribution in [-0.2, 0) is 15.4 Å². The van der Waals surface area contributed by atoms with E-state index in [2.05, 4.69) is 20.9 Å². The van der Waals surface area contributed by atoms with Gasteiger partial charge in [-0.15, -0.1) is 0 Å². The predicted molar refractivity (Wildman–Crippen MR) is 120 cm³/mol. The van der Waals surface area contributed by atoms with Crippen molar-refractivity contribution in [2.75, 3.05) is 6.26 Å². The van der Waals surface area contributed by atoms with Crippen molar-refractivity contribution in [1.82, 2.24) is 4.98 Å². The van der Waals surface area contributed by atoms with Crippen LogP contribution < -0.4 is 0 Å². The number of pyridine rings is 1. The summed E-state index contributed by atoms with van der Waals surface area (Å²) in [5, 5.41) is 10.2. The molecule has 0 aliphatic rings. The first kappa shape index (κ1) is 21.4. The van der Waals surface area contributed by atoms with Crippen LogP contribution in [0.4, 0.5) is 0 Å². The summed E-state index contributed by atoms with van der Waals surface area (Å²) in [6, 6.07) is 18.4. The quantitative estimate of drug-likeness (QED) is 0.527. The van der Waals surface area contributed by atoms with E-state index in [0.717, 1.165) is 32.4 Å². The number of rotatable bonds is 5. The molecule has 0 saturated carbocycles. The van der Waals surface area contributed by atoms with Crippen molar-refractivity contribution in [2.45, 2.75) is 24.3 Å². The normalized spacial score (nSPS) is 12.8. The monoisotopic (exact) mass is 471 g/mol. The average Bonchev–Trinajstić information content (AvgIpc) is 2.65. The second kappa shape index (κ2) is 8.22. The van der Waals surface area contributed by atoms with E-state index >= 15 is 0 Å². The molecule has 2 aromatic carbocycles. The lowest BCUT2D eigenvalue weighted by atomic mass is 9.96. The number of aliphatic hydroxyl groups is 1. The van der Waals surface area contributed by atoms with E-state index in [1.165, 1.54) is 6.26 Å². The van der Waals surface area contributed by atoms with Crippen LogP contribution >= 0.6 is 15.9 Å². The largest absolute Gasteiger partial charge is 0.386 e. The molecule has 0 saturated heterocycles. The Morgan fingerprint density at radius 2 is 1.76 bits per heavy atom. The topological polar surface area (TPSA) is 67.3 Å². The maximum atomic E-state index is 11.8. The van der Waals surface area contributed by atoms with E-state index in [1.807, 2.05) is 42.5 Å². The predicted octanol–water partition coefficient (Wildman–Crippen LogP) is 5.06. The summed E-state index contributed by atoms with van der Waals surface area (Å²) in [6.07, 6.45) is 4.86. The number of hydrogen-bond acceptors (Lipinski definition) is 4. The second-order valence-electron chi connectivity index (χ2n) is 7.40. The Balaban J connectivity index is 2.12. The molecule has 3 aromatic rings. The van der Waals surface area contributed by atoms with Gasteiger partial charge in [0, 0.05) is 28.1 Å². The number of hydrogen-bond donors (Lipinski definition) is 1. The van der Waals surface area contributed by atoms with Crippen LogP contribution in [0.5, 0.6) is 0 Å². The van der Waals surface area contributed by atoms with E-state index in [4.69, 9.17) is 0 Å². The van der Waals surface area contributed by atoms with Crippen molar-refractivity contribution in [2.24, 2.45) is 0 Å². The smallest absolute Gasteiger partial charge is 0.175 e. The molecule has 0 unspecified atom stereocenters. The molecule has 4 nitrogen and oxygen atoms in total. The fourth-order valence-electron chi connectivity index (χ4n) is 2.86. The molecular formula is C23H22BrNO3S. The van der Waals surface area contributed by atoms with Crippen molar-refractivity contribution in [3.63, 3.8) is 0 Å². The average molecular weight is 472 g/mol. The summed E-state index contributed by atoms with van der Waals surface area (Å²) >= 11 is 3.49. The van der Waals surface area contributed by atoms with Crippen molar-refractivity contribution in [1.29, 1.82) is 0 Å². The van der Waals surface area contributed by atoms with Crippen LogP contribution in [0.3, 0.4) is 0 Å². The van der Waals surface area contributed by atoms with Gasteiger partial charge in [0.2, 0.25) is 0 Å². The van der Waals surface area contributed by atoms with Gasteiger partial charge in [0.1, 0.15) is 0 Å². The number of aromatic nitrogens is 1. The molecule has 0 fully saturated rings. The molecule has 3 rings (SSSR count). The molecule has 0 spiro atoms. The van der Waals surface area contributed by atoms with Crippen LogP contribution in [0.1, 0.15) is 36.2 Å². The SMILES string of the molecule is CC(C)(O)c1ccc(/C(=C\c2cccc(Br)c2)c2ccc(S(C)(=O)=O)cc2)nc1. The molecule has 0 aliphatic heterocycles. The molecule has 0 radical (unpaired) electrons. The lowest BCUT2D eigenvalue weighted by Crippen LogP contribution is -2.15. The zero-order valence-corrected chi connectivity index (χ0v) is 18.8. The molecule has 0 amide bonds. The minimum atomic E-state index is -3.27. The van der Waals surface area contributed by atoms with E-state index in [-0.39, 0.29) is 4.90 Å². The summed E-state index contributed by atoms with van der Waals surface area (Å²) in [5.74, 6) is 0. The second-order valence-corrected chi connectivity index (χ2v) is 10.3. The minimum Gasteiger partial charge on any atom is -0.386 e. The molecule has 1 heterocycles. The Morgan fingerprint density at radius 3 is 2.28 bits per heavy atom. The molecule has 0 bridgehead atoms. The van der Waals surface area contributed by atoms with Crippen molar-refractivity contribution in [3.8, 4) is 0 Å². The third kappa shape index (κ3) is 5.41. The van der Waals surface area contributed by atoms with Gasteiger partial charge in [-0.3, -0.25) is 4.98 Å². The minimum absolute atomic E-state index is 0.272. The van der Waals surface area contributed by atoms with E-state index in [0.29, 0.717) is 0 Å². The molecule has 1 N–H and O–H groups in total. The maximum Gasteiger partial charge on any atom is 0.175 e. The van der Waals surface area contributed by atoms with Crippen LogP contribution in [0.15, 0.2) is 76.2 Å².